The largest absolute Gasteiger partial charge is 0.406 e. The number of amides is 1. The van der Waals surface area contributed by atoms with E-state index in [0.29, 0.717) is 33.7 Å². The van der Waals surface area contributed by atoms with E-state index in [1.165, 1.54) is 18.9 Å². The number of anilines is 1. The molecular formula is C28H33F3N6O2. The van der Waals surface area contributed by atoms with E-state index < -0.39 is 24.2 Å². The van der Waals surface area contributed by atoms with Crippen LogP contribution in [-0.2, 0) is 25.6 Å². The first-order valence-corrected chi connectivity index (χ1v) is 13.2. The molecule has 0 saturated heterocycles. The smallest absolute Gasteiger partial charge is 0.322 e. The zero-order chi connectivity index (χ0) is 28.0. The molecule has 0 unspecified atom stereocenters. The third-order valence-corrected chi connectivity index (χ3v) is 7.74. The van der Waals surface area contributed by atoms with Crippen LogP contribution in [0.4, 0.5) is 18.9 Å². The maximum Gasteiger partial charge on any atom is 0.406 e. The molecule has 2 aromatic heterocycles. The van der Waals surface area contributed by atoms with E-state index in [0.717, 1.165) is 30.4 Å². The van der Waals surface area contributed by atoms with Crippen molar-refractivity contribution < 1.29 is 18.0 Å². The number of benzene rings is 1. The summed E-state index contributed by atoms with van der Waals surface area (Å²) >= 11 is 0. The lowest BCUT2D eigenvalue weighted by atomic mass is 9.56. The van der Waals surface area contributed by atoms with Crippen LogP contribution >= 0.6 is 0 Å². The minimum absolute atomic E-state index is 0.230. The first kappa shape index (κ1) is 27.1. The van der Waals surface area contributed by atoms with Gasteiger partial charge in [0.25, 0.3) is 11.5 Å². The Morgan fingerprint density at radius 2 is 1.92 bits per heavy atom. The highest BCUT2D eigenvalue weighted by Gasteiger charge is 2.63. The fraction of sp³-hybridized carbons (Fsp3) is 0.500. The van der Waals surface area contributed by atoms with E-state index in [1.54, 1.807) is 12.4 Å². The van der Waals surface area contributed by atoms with Crippen LogP contribution in [0, 0.1) is 11.3 Å². The maximum atomic E-state index is 13.3. The van der Waals surface area contributed by atoms with E-state index in [4.69, 9.17) is 0 Å². The van der Waals surface area contributed by atoms with Crippen LogP contribution in [0.2, 0.25) is 0 Å². The second kappa shape index (κ2) is 9.93. The first-order valence-electron chi connectivity index (χ1n) is 13.2. The fourth-order valence-corrected chi connectivity index (χ4v) is 5.83. The Morgan fingerprint density at radius 1 is 1.18 bits per heavy atom. The standard InChI is InChI=1S/C28H33F3N6O2/c1-18(2)11-32-12-19-9-22(24(39)37(13-19)16-28(29,30)31)23(38)34-21-6-4-5-20(10-21)27(14-26(15-27)7-8-26)25-35-33-17-36(25)3/h4-6,9-10,13,17-18,32H,7-8,11-12,14-16H2,1-3H3,(H,34,38). The van der Waals surface area contributed by atoms with Crippen molar-refractivity contribution in [2.75, 3.05) is 11.9 Å². The van der Waals surface area contributed by atoms with Gasteiger partial charge < -0.3 is 19.8 Å². The minimum Gasteiger partial charge on any atom is -0.322 e. The lowest BCUT2D eigenvalue weighted by molar-refractivity contribution is -0.141. The van der Waals surface area contributed by atoms with E-state index in [9.17, 15) is 22.8 Å². The predicted molar refractivity (Wildman–Crippen MR) is 140 cm³/mol. The summed E-state index contributed by atoms with van der Waals surface area (Å²) in [7, 11) is 1.91. The number of carbonyl (C=O) groups excluding carboxylic acids is 1. The molecule has 39 heavy (non-hydrogen) atoms. The average Bonchev–Trinajstić information content (AvgIpc) is 3.51. The Hall–Kier alpha value is -3.47. The van der Waals surface area contributed by atoms with E-state index in [2.05, 4.69) is 20.8 Å². The molecular weight excluding hydrogens is 509 g/mol. The van der Waals surface area contributed by atoms with Gasteiger partial charge in [0.15, 0.2) is 0 Å². The summed E-state index contributed by atoms with van der Waals surface area (Å²) in [4.78, 5) is 26.2. The van der Waals surface area contributed by atoms with Gasteiger partial charge in [-0.1, -0.05) is 26.0 Å². The van der Waals surface area contributed by atoms with Crippen molar-refractivity contribution in [1.82, 2.24) is 24.6 Å². The summed E-state index contributed by atoms with van der Waals surface area (Å²) in [5.74, 6) is 0.440. The summed E-state index contributed by atoms with van der Waals surface area (Å²) < 4.78 is 42.1. The summed E-state index contributed by atoms with van der Waals surface area (Å²) in [6, 6.07) is 8.77. The van der Waals surface area contributed by atoms with Crippen molar-refractivity contribution in [3.05, 3.63) is 75.7 Å². The molecule has 2 heterocycles. The topological polar surface area (TPSA) is 93.8 Å². The second-order valence-corrected chi connectivity index (χ2v) is 11.6. The molecule has 208 valence electrons. The van der Waals surface area contributed by atoms with Crippen molar-refractivity contribution in [2.45, 2.75) is 64.2 Å². The molecule has 8 nitrogen and oxygen atoms in total. The third-order valence-electron chi connectivity index (χ3n) is 7.74. The molecule has 3 aromatic rings. The lowest BCUT2D eigenvalue weighted by Gasteiger charge is -2.48. The number of halogens is 3. The van der Waals surface area contributed by atoms with E-state index in [1.807, 2.05) is 43.7 Å². The zero-order valence-electron chi connectivity index (χ0n) is 22.3. The summed E-state index contributed by atoms with van der Waals surface area (Å²) in [6.07, 6.45) is 2.50. The number of aryl methyl sites for hydroxylation is 1. The minimum atomic E-state index is -4.61. The molecule has 1 aromatic carbocycles. The quantitative estimate of drug-likeness (QED) is 0.418. The molecule has 1 amide bonds. The molecule has 0 atom stereocenters. The Kier molecular flexibility index (Phi) is 6.90. The molecule has 0 radical (unpaired) electrons. The Bertz CT molecular complexity index is 1430. The molecule has 1 spiro atoms. The van der Waals surface area contributed by atoms with Crippen molar-refractivity contribution in [2.24, 2.45) is 18.4 Å². The van der Waals surface area contributed by atoms with E-state index >= 15 is 0 Å². The second-order valence-electron chi connectivity index (χ2n) is 11.6. The molecule has 2 aliphatic rings. The molecule has 5 rings (SSSR count). The number of hydrogen-bond donors (Lipinski definition) is 2. The van der Waals surface area contributed by atoms with Gasteiger partial charge in [0.2, 0.25) is 0 Å². The van der Waals surface area contributed by atoms with Gasteiger partial charge in [0, 0.05) is 25.5 Å². The number of alkyl halides is 3. The van der Waals surface area contributed by atoms with Crippen molar-refractivity contribution in [3.8, 4) is 0 Å². The van der Waals surface area contributed by atoms with Gasteiger partial charge >= 0.3 is 6.18 Å². The predicted octanol–water partition coefficient (Wildman–Crippen LogP) is 4.40. The summed E-state index contributed by atoms with van der Waals surface area (Å²) in [6.45, 7) is 3.41. The van der Waals surface area contributed by atoms with Crippen LogP contribution < -0.4 is 16.2 Å². The number of rotatable bonds is 9. The van der Waals surface area contributed by atoms with Gasteiger partial charge in [-0.15, -0.1) is 10.2 Å². The Labute approximate surface area is 224 Å². The summed E-state index contributed by atoms with van der Waals surface area (Å²) in [5.41, 5.74) is 0.554. The number of pyridine rings is 1. The molecule has 0 bridgehead atoms. The van der Waals surface area contributed by atoms with Crippen LogP contribution in [0.25, 0.3) is 0 Å². The van der Waals surface area contributed by atoms with Gasteiger partial charge in [0.1, 0.15) is 24.3 Å². The van der Waals surface area contributed by atoms with Gasteiger partial charge in [-0.2, -0.15) is 13.2 Å². The van der Waals surface area contributed by atoms with Crippen LogP contribution in [0.15, 0.2) is 47.7 Å². The van der Waals surface area contributed by atoms with Crippen molar-refractivity contribution >= 4 is 11.6 Å². The van der Waals surface area contributed by atoms with Gasteiger partial charge in [-0.3, -0.25) is 9.59 Å². The fourth-order valence-electron chi connectivity index (χ4n) is 5.83. The van der Waals surface area contributed by atoms with Crippen LogP contribution in [0.1, 0.15) is 66.8 Å². The Morgan fingerprint density at radius 3 is 2.54 bits per heavy atom. The highest BCUT2D eigenvalue weighted by Crippen LogP contribution is 2.70. The maximum absolute atomic E-state index is 13.3. The average molecular weight is 543 g/mol. The third kappa shape index (κ3) is 5.63. The van der Waals surface area contributed by atoms with Crippen LogP contribution in [-0.4, -0.2) is 38.0 Å². The highest BCUT2D eigenvalue weighted by atomic mass is 19.4. The number of hydrogen-bond acceptors (Lipinski definition) is 5. The van der Waals surface area contributed by atoms with Crippen LogP contribution in [0.3, 0.4) is 0 Å². The SMILES string of the molecule is CC(C)CNCc1cc(C(=O)Nc2cccc(C3(c4nncn4C)CC4(CC4)C3)c2)c(=O)n(CC(F)(F)F)c1. The molecule has 2 N–H and O–H groups in total. The lowest BCUT2D eigenvalue weighted by Crippen LogP contribution is -2.45. The first-order chi connectivity index (χ1) is 18.4. The number of aromatic nitrogens is 4. The number of carbonyl (C=O) groups is 1. The number of nitrogens with zero attached hydrogens (tertiary/aromatic N) is 4. The van der Waals surface area contributed by atoms with Gasteiger partial charge in [-0.05, 0) is 72.9 Å². The summed E-state index contributed by atoms with van der Waals surface area (Å²) in [5, 5.41) is 14.4. The van der Waals surface area contributed by atoms with Crippen molar-refractivity contribution in [1.29, 1.82) is 0 Å². The molecule has 11 heteroatoms. The zero-order valence-corrected chi connectivity index (χ0v) is 22.3. The Balaban J connectivity index is 1.43. The monoisotopic (exact) mass is 542 g/mol. The molecule has 2 saturated carbocycles. The van der Waals surface area contributed by atoms with Crippen LogP contribution in [0.5, 0.6) is 0 Å². The molecule has 0 aliphatic heterocycles. The number of nitrogens with one attached hydrogen (secondary N) is 2. The van der Waals surface area contributed by atoms with Gasteiger partial charge in [-0.25, -0.2) is 0 Å². The molecule has 2 fully saturated rings. The highest BCUT2D eigenvalue weighted by molar-refractivity contribution is 6.04. The molecule has 2 aliphatic carbocycles. The van der Waals surface area contributed by atoms with Crippen molar-refractivity contribution in [3.63, 3.8) is 0 Å². The normalized spacial score (nSPS) is 17.3. The van der Waals surface area contributed by atoms with Gasteiger partial charge in [0.05, 0.1) is 5.41 Å². The van der Waals surface area contributed by atoms with E-state index in [-0.39, 0.29) is 17.5 Å².